The van der Waals surface area contributed by atoms with E-state index in [1.54, 1.807) is 0 Å². The third-order valence-electron chi connectivity index (χ3n) is 4.10. The maximum atomic E-state index is 11.6. The highest BCUT2D eigenvalue weighted by Crippen LogP contribution is 2.26. The van der Waals surface area contributed by atoms with Gasteiger partial charge in [-0.15, -0.1) is 0 Å². The average Bonchev–Trinajstić information content (AvgIpc) is 2.87. The second kappa shape index (κ2) is 6.76. The molecule has 1 unspecified atom stereocenters. The summed E-state index contributed by atoms with van der Waals surface area (Å²) in [5.41, 5.74) is 2.23. The van der Waals surface area contributed by atoms with Crippen molar-refractivity contribution in [3.8, 4) is 0 Å². The number of aromatic nitrogens is 2. The molecule has 0 radical (unpaired) electrons. The van der Waals surface area contributed by atoms with Crippen LogP contribution in [0.1, 0.15) is 31.7 Å². The molecule has 24 heavy (non-hydrogen) atoms. The molecule has 2 N–H and O–H groups in total. The second-order valence-corrected chi connectivity index (χ2v) is 8.63. The molecule has 0 bridgehead atoms. The Kier molecular flexibility index (Phi) is 4.71. The van der Waals surface area contributed by atoms with E-state index < -0.39 is 9.84 Å². The van der Waals surface area contributed by atoms with E-state index in [-0.39, 0.29) is 17.5 Å². The fraction of sp³-hybridized carbons (Fsp3) is 0.412. The van der Waals surface area contributed by atoms with Crippen molar-refractivity contribution < 1.29 is 8.42 Å². The summed E-state index contributed by atoms with van der Waals surface area (Å²) in [6, 6.07) is 9.85. The van der Waals surface area contributed by atoms with Gasteiger partial charge >= 0.3 is 0 Å². The molecular formula is C17H22N4O2S. The van der Waals surface area contributed by atoms with E-state index in [2.05, 4.69) is 40.5 Å². The molecule has 6 nitrogen and oxygen atoms in total. The maximum absolute atomic E-state index is 11.6. The smallest absolute Gasteiger partial charge is 0.152 e. The Balaban J connectivity index is 1.74. The minimum atomic E-state index is -2.91. The van der Waals surface area contributed by atoms with E-state index >= 15 is 0 Å². The molecule has 1 aliphatic rings. The number of benzene rings is 1. The Morgan fingerprint density at radius 3 is 2.62 bits per heavy atom. The Bertz CT molecular complexity index is 821. The minimum Gasteiger partial charge on any atom is -0.366 e. The number of nitrogens with zero attached hydrogens (tertiary/aromatic N) is 2. The number of rotatable bonds is 5. The molecule has 7 heteroatoms. The first kappa shape index (κ1) is 16.7. The van der Waals surface area contributed by atoms with Gasteiger partial charge in [0.25, 0.3) is 0 Å². The van der Waals surface area contributed by atoms with Gasteiger partial charge in [-0.25, -0.2) is 18.4 Å². The van der Waals surface area contributed by atoms with Gasteiger partial charge < -0.3 is 10.6 Å². The molecule has 128 valence electrons. The zero-order chi connectivity index (χ0) is 17.2. The second-order valence-electron chi connectivity index (χ2n) is 6.40. The van der Waals surface area contributed by atoms with Gasteiger partial charge in [-0.1, -0.05) is 32.0 Å². The zero-order valence-electron chi connectivity index (χ0n) is 13.9. The summed E-state index contributed by atoms with van der Waals surface area (Å²) in [4.78, 5) is 8.45. The van der Waals surface area contributed by atoms with Crippen molar-refractivity contribution in [1.82, 2.24) is 9.97 Å². The highest BCUT2D eigenvalue weighted by atomic mass is 32.2. The van der Waals surface area contributed by atoms with Crippen LogP contribution >= 0.6 is 0 Å². The standard InChI is InChI=1S/C17H22N4O2S/c1-12(2)14-5-3-4-6-15(14)21-17-9-16(18-11-19-17)20-13-7-8-24(22,23)10-13/h3-6,9,11-13H,7-8,10H2,1-2H3,(H2,18,19,20,21). The van der Waals surface area contributed by atoms with Crippen LogP contribution in [0.5, 0.6) is 0 Å². The van der Waals surface area contributed by atoms with Crippen molar-refractivity contribution in [1.29, 1.82) is 0 Å². The lowest BCUT2D eigenvalue weighted by molar-refractivity contribution is 0.602. The summed E-state index contributed by atoms with van der Waals surface area (Å²) < 4.78 is 23.1. The number of anilines is 3. The highest BCUT2D eigenvalue weighted by molar-refractivity contribution is 7.91. The molecule has 0 amide bonds. The molecule has 2 aromatic rings. The quantitative estimate of drug-likeness (QED) is 0.866. The van der Waals surface area contributed by atoms with Crippen molar-refractivity contribution in [3.05, 3.63) is 42.2 Å². The van der Waals surface area contributed by atoms with E-state index in [0.29, 0.717) is 24.0 Å². The van der Waals surface area contributed by atoms with Crippen LogP contribution in [0, 0.1) is 0 Å². The molecule has 0 spiro atoms. The highest BCUT2D eigenvalue weighted by Gasteiger charge is 2.27. The number of hydrogen-bond acceptors (Lipinski definition) is 6. The van der Waals surface area contributed by atoms with Crippen LogP contribution in [-0.2, 0) is 9.84 Å². The van der Waals surface area contributed by atoms with Gasteiger partial charge in [0, 0.05) is 17.8 Å². The molecule has 1 fully saturated rings. The van der Waals surface area contributed by atoms with Crippen molar-refractivity contribution in [2.45, 2.75) is 32.2 Å². The fourth-order valence-electron chi connectivity index (χ4n) is 2.87. The number of hydrogen-bond donors (Lipinski definition) is 2. The van der Waals surface area contributed by atoms with Crippen LogP contribution in [0.15, 0.2) is 36.7 Å². The van der Waals surface area contributed by atoms with Gasteiger partial charge in [0.15, 0.2) is 9.84 Å². The Morgan fingerprint density at radius 1 is 1.17 bits per heavy atom. The van der Waals surface area contributed by atoms with E-state index in [0.717, 1.165) is 5.69 Å². The van der Waals surface area contributed by atoms with Crippen LogP contribution in [0.25, 0.3) is 0 Å². The lowest BCUT2D eigenvalue weighted by Crippen LogP contribution is -2.21. The monoisotopic (exact) mass is 346 g/mol. The van der Waals surface area contributed by atoms with Gasteiger partial charge in [-0.05, 0) is 24.0 Å². The van der Waals surface area contributed by atoms with Crippen LogP contribution in [0.2, 0.25) is 0 Å². The summed E-state index contributed by atoms with van der Waals surface area (Å²) in [6.07, 6.45) is 2.09. The van der Waals surface area contributed by atoms with Crippen LogP contribution in [0.4, 0.5) is 17.3 Å². The lowest BCUT2D eigenvalue weighted by atomic mass is 10.0. The van der Waals surface area contributed by atoms with Crippen molar-refractivity contribution in [2.75, 3.05) is 22.1 Å². The molecule has 0 saturated carbocycles. The first-order chi connectivity index (χ1) is 11.4. The predicted molar refractivity (Wildman–Crippen MR) is 96.5 cm³/mol. The van der Waals surface area contributed by atoms with Crippen molar-refractivity contribution in [2.24, 2.45) is 0 Å². The fourth-order valence-corrected chi connectivity index (χ4v) is 4.55. The van der Waals surface area contributed by atoms with Crippen molar-refractivity contribution in [3.63, 3.8) is 0 Å². The Labute approximate surface area is 142 Å². The zero-order valence-corrected chi connectivity index (χ0v) is 14.7. The molecule has 3 rings (SSSR count). The van der Waals surface area contributed by atoms with Gasteiger partial charge in [-0.2, -0.15) is 0 Å². The van der Waals surface area contributed by atoms with E-state index in [1.807, 2.05) is 24.3 Å². The van der Waals surface area contributed by atoms with Gasteiger partial charge in [0.05, 0.1) is 11.5 Å². The van der Waals surface area contributed by atoms with E-state index in [9.17, 15) is 8.42 Å². The molecular weight excluding hydrogens is 324 g/mol. The van der Waals surface area contributed by atoms with Crippen LogP contribution in [-0.4, -0.2) is 35.9 Å². The molecule has 2 heterocycles. The van der Waals surface area contributed by atoms with Crippen LogP contribution in [0.3, 0.4) is 0 Å². The van der Waals surface area contributed by atoms with Crippen LogP contribution < -0.4 is 10.6 Å². The number of para-hydroxylation sites is 1. The summed E-state index contributed by atoms with van der Waals surface area (Å²) in [6.45, 7) is 4.29. The maximum Gasteiger partial charge on any atom is 0.152 e. The number of nitrogens with one attached hydrogen (secondary N) is 2. The normalized spacial score (nSPS) is 19.4. The third-order valence-corrected chi connectivity index (χ3v) is 5.87. The minimum absolute atomic E-state index is 0.0827. The Hall–Kier alpha value is -2.15. The molecule has 1 saturated heterocycles. The topological polar surface area (TPSA) is 84.0 Å². The molecule has 1 atom stereocenters. The first-order valence-corrected chi connectivity index (χ1v) is 9.90. The van der Waals surface area contributed by atoms with Gasteiger partial charge in [0.1, 0.15) is 18.0 Å². The average molecular weight is 346 g/mol. The number of sulfone groups is 1. The third kappa shape index (κ3) is 4.03. The van der Waals surface area contributed by atoms with Gasteiger partial charge in [0.2, 0.25) is 0 Å². The van der Waals surface area contributed by atoms with E-state index in [4.69, 9.17) is 0 Å². The molecule has 0 aliphatic carbocycles. The Morgan fingerprint density at radius 2 is 1.92 bits per heavy atom. The van der Waals surface area contributed by atoms with Gasteiger partial charge in [-0.3, -0.25) is 0 Å². The molecule has 1 aromatic heterocycles. The lowest BCUT2D eigenvalue weighted by Gasteiger charge is -2.15. The predicted octanol–water partition coefficient (Wildman–Crippen LogP) is 2.94. The summed E-state index contributed by atoms with van der Waals surface area (Å²) in [5, 5.41) is 6.52. The van der Waals surface area contributed by atoms with E-state index in [1.165, 1.54) is 11.9 Å². The molecule has 1 aliphatic heterocycles. The molecule has 1 aromatic carbocycles. The largest absolute Gasteiger partial charge is 0.366 e. The summed E-state index contributed by atoms with van der Waals surface area (Å²) >= 11 is 0. The summed E-state index contributed by atoms with van der Waals surface area (Å²) in [7, 11) is -2.91. The first-order valence-electron chi connectivity index (χ1n) is 8.08. The van der Waals surface area contributed by atoms with Crippen molar-refractivity contribution >= 4 is 27.2 Å². The SMILES string of the molecule is CC(C)c1ccccc1Nc1cc(NC2CCS(=O)(=O)C2)ncn1. The summed E-state index contributed by atoms with van der Waals surface area (Å²) in [5.74, 6) is 2.12.